The Morgan fingerprint density at radius 1 is 1.11 bits per heavy atom. The number of amides is 1. The molecule has 0 spiro atoms. The standard InChI is InChI=1S/C15H14N2O/c18-15(17-9-4-10-17)13-7-8-16-11-14(13)12-5-2-1-3-6-12/h1-3,5-8,11H,4,9-10H2. The van der Waals surface area contributed by atoms with Gasteiger partial charge in [0.15, 0.2) is 0 Å². The summed E-state index contributed by atoms with van der Waals surface area (Å²) in [5.41, 5.74) is 2.69. The molecule has 90 valence electrons. The van der Waals surface area contributed by atoms with Crippen molar-refractivity contribution < 1.29 is 4.79 Å². The molecule has 3 heteroatoms. The number of hydrogen-bond acceptors (Lipinski definition) is 2. The first-order valence-electron chi connectivity index (χ1n) is 6.15. The van der Waals surface area contributed by atoms with Crippen LogP contribution in [0.4, 0.5) is 0 Å². The molecule has 1 aromatic carbocycles. The minimum atomic E-state index is 0.113. The third kappa shape index (κ3) is 1.88. The highest BCUT2D eigenvalue weighted by Gasteiger charge is 2.23. The first-order chi connectivity index (χ1) is 8.86. The normalized spacial score (nSPS) is 14.1. The van der Waals surface area contributed by atoms with E-state index in [9.17, 15) is 4.79 Å². The van der Waals surface area contributed by atoms with E-state index in [2.05, 4.69) is 4.98 Å². The van der Waals surface area contributed by atoms with Gasteiger partial charge >= 0.3 is 0 Å². The van der Waals surface area contributed by atoms with Gasteiger partial charge in [-0.3, -0.25) is 9.78 Å². The van der Waals surface area contributed by atoms with Crippen molar-refractivity contribution in [1.29, 1.82) is 0 Å². The van der Waals surface area contributed by atoms with Gasteiger partial charge in [-0.1, -0.05) is 30.3 Å². The van der Waals surface area contributed by atoms with Crippen molar-refractivity contribution >= 4 is 5.91 Å². The molecule has 3 rings (SSSR count). The van der Waals surface area contributed by atoms with Crippen LogP contribution in [0.2, 0.25) is 0 Å². The van der Waals surface area contributed by atoms with Gasteiger partial charge in [-0.15, -0.1) is 0 Å². The SMILES string of the molecule is O=C(c1ccncc1-c1ccccc1)N1CCC1. The molecule has 3 nitrogen and oxygen atoms in total. The number of nitrogens with zero attached hydrogens (tertiary/aromatic N) is 2. The highest BCUT2D eigenvalue weighted by Crippen LogP contribution is 2.24. The molecule has 0 N–H and O–H groups in total. The first kappa shape index (κ1) is 11.0. The Morgan fingerprint density at radius 2 is 1.89 bits per heavy atom. The Balaban J connectivity index is 2.02. The molecule has 1 fully saturated rings. The second kappa shape index (κ2) is 4.61. The summed E-state index contributed by atoms with van der Waals surface area (Å²) in [5.74, 6) is 0.113. The zero-order valence-electron chi connectivity index (χ0n) is 10.0. The van der Waals surface area contributed by atoms with Crippen molar-refractivity contribution in [3.8, 4) is 11.1 Å². The van der Waals surface area contributed by atoms with Crippen LogP contribution in [0, 0.1) is 0 Å². The predicted octanol–water partition coefficient (Wildman–Crippen LogP) is 2.59. The minimum Gasteiger partial charge on any atom is -0.338 e. The molecular formula is C15H14N2O. The van der Waals surface area contributed by atoms with Crippen molar-refractivity contribution in [2.24, 2.45) is 0 Å². The lowest BCUT2D eigenvalue weighted by molar-refractivity contribution is 0.0652. The van der Waals surface area contributed by atoms with Gasteiger partial charge < -0.3 is 4.90 Å². The van der Waals surface area contributed by atoms with Crippen LogP contribution in [0.3, 0.4) is 0 Å². The molecule has 0 atom stereocenters. The fourth-order valence-electron chi connectivity index (χ4n) is 2.12. The minimum absolute atomic E-state index is 0.113. The van der Waals surface area contributed by atoms with E-state index in [-0.39, 0.29) is 5.91 Å². The van der Waals surface area contributed by atoms with Gasteiger partial charge in [0.1, 0.15) is 0 Å². The Kier molecular flexibility index (Phi) is 2.81. The van der Waals surface area contributed by atoms with E-state index < -0.39 is 0 Å². The highest BCUT2D eigenvalue weighted by molar-refractivity contribution is 6.00. The van der Waals surface area contributed by atoms with E-state index in [1.165, 1.54) is 0 Å². The monoisotopic (exact) mass is 238 g/mol. The van der Waals surface area contributed by atoms with Gasteiger partial charge in [-0.05, 0) is 18.1 Å². The van der Waals surface area contributed by atoms with E-state index in [1.54, 1.807) is 12.4 Å². The number of carbonyl (C=O) groups is 1. The average Bonchev–Trinajstić information content (AvgIpc) is 2.38. The molecule has 2 heterocycles. The van der Waals surface area contributed by atoms with Crippen LogP contribution < -0.4 is 0 Å². The smallest absolute Gasteiger partial charge is 0.254 e. The molecule has 1 saturated heterocycles. The van der Waals surface area contributed by atoms with Gasteiger partial charge in [0, 0.05) is 31.0 Å². The molecule has 1 aliphatic rings. The third-order valence-electron chi connectivity index (χ3n) is 3.28. The molecule has 0 saturated carbocycles. The van der Waals surface area contributed by atoms with Gasteiger partial charge in [-0.2, -0.15) is 0 Å². The van der Waals surface area contributed by atoms with Crippen molar-refractivity contribution in [2.45, 2.75) is 6.42 Å². The maximum atomic E-state index is 12.3. The third-order valence-corrected chi connectivity index (χ3v) is 3.28. The number of hydrogen-bond donors (Lipinski definition) is 0. The van der Waals surface area contributed by atoms with Crippen LogP contribution in [-0.4, -0.2) is 28.9 Å². The topological polar surface area (TPSA) is 33.2 Å². The molecule has 0 bridgehead atoms. The van der Waals surface area contributed by atoms with Crippen LogP contribution in [-0.2, 0) is 0 Å². The summed E-state index contributed by atoms with van der Waals surface area (Å²) >= 11 is 0. The van der Waals surface area contributed by atoms with Crippen molar-refractivity contribution in [1.82, 2.24) is 9.88 Å². The number of rotatable bonds is 2. The molecule has 1 aromatic heterocycles. The van der Waals surface area contributed by atoms with Gasteiger partial charge in [0.05, 0.1) is 5.56 Å². The van der Waals surface area contributed by atoms with Gasteiger partial charge in [0.2, 0.25) is 0 Å². The second-order valence-corrected chi connectivity index (χ2v) is 4.43. The number of benzene rings is 1. The zero-order valence-corrected chi connectivity index (χ0v) is 10.0. The number of likely N-dealkylation sites (tertiary alicyclic amines) is 1. The predicted molar refractivity (Wildman–Crippen MR) is 70.2 cm³/mol. The molecule has 2 aromatic rings. The largest absolute Gasteiger partial charge is 0.338 e. The Hall–Kier alpha value is -2.16. The molecule has 0 unspecified atom stereocenters. The summed E-state index contributed by atoms with van der Waals surface area (Å²) in [6.07, 6.45) is 4.55. The fourth-order valence-corrected chi connectivity index (χ4v) is 2.12. The lowest BCUT2D eigenvalue weighted by atomic mass is 10.0. The maximum absolute atomic E-state index is 12.3. The van der Waals surface area contributed by atoms with E-state index in [0.717, 1.165) is 36.2 Å². The molecule has 0 radical (unpaired) electrons. The van der Waals surface area contributed by atoms with Crippen LogP contribution >= 0.6 is 0 Å². The van der Waals surface area contributed by atoms with E-state index in [0.29, 0.717) is 0 Å². The van der Waals surface area contributed by atoms with Crippen molar-refractivity contribution in [3.05, 3.63) is 54.4 Å². The molecule has 1 amide bonds. The summed E-state index contributed by atoms with van der Waals surface area (Å²) in [5, 5.41) is 0. The summed E-state index contributed by atoms with van der Waals surface area (Å²) in [6, 6.07) is 11.7. The fraction of sp³-hybridized carbons (Fsp3) is 0.200. The molecule has 0 aliphatic carbocycles. The van der Waals surface area contributed by atoms with Crippen molar-refractivity contribution in [2.75, 3.05) is 13.1 Å². The summed E-state index contributed by atoms with van der Waals surface area (Å²) in [7, 11) is 0. The second-order valence-electron chi connectivity index (χ2n) is 4.43. The quantitative estimate of drug-likeness (QED) is 0.805. The van der Waals surface area contributed by atoms with E-state index >= 15 is 0 Å². The van der Waals surface area contributed by atoms with Crippen LogP contribution in [0.1, 0.15) is 16.8 Å². The zero-order chi connectivity index (χ0) is 12.4. The number of pyridine rings is 1. The lowest BCUT2D eigenvalue weighted by Crippen LogP contribution is -2.42. The number of carbonyl (C=O) groups excluding carboxylic acids is 1. The van der Waals surface area contributed by atoms with Gasteiger partial charge in [0.25, 0.3) is 5.91 Å². The maximum Gasteiger partial charge on any atom is 0.254 e. The Labute approximate surface area is 106 Å². The molecular weight excluding hydrogens is 224 g/mol. The Bertz CT molecular complexity index is 562. The molecule has 1 aliphatic heterocycles. The first-order valence-corrected chi connectivity index (χ1v) is 6.15. The van der Waals surface area contributed by atoms with Crippen LogP contribution in [0.5, 0.6) is 0 Å². The lowest BCUT2D eigenvalue weighted by Gasteiger charge is -2.31. The van der Waals surface area contributed by atoms with Crippen LogP contribution in [0.25, 0.3) is 11.1 Å². The van der Waals surface area contributed by atoms with Crippen LogP contribution in [0.15, 0.2) is 48.8 Å². The highest BCUT2D eigenvalue weighted by atomic mass is 16.2. The summed E-state index contributed by atoms with van der Waals surface area (Å²) in [4.78, 5) is 18.3. The van der Waals surface area contributed by atoms with Crippen molar-refractivity contribution in [3.63, 3.8) is 0 Å². The summed E-state index contributed by atoms with van der Waals surface area (Å²) in [6.45, 7) is 1.74. The average molecular weight is 238 g/mol. The molecule has 18 heavy (non-hydrogen) atoms. The summed E-state index contributed by atoms with van der Waals surface area (Å²) < 4.78 is 0. The van der Waals surface area contributed by atoms with E-state index in [4.69, 9.17) is 0 Å². The van der Waals surface area contributed by atoms with E-state index in [1.807, 2.05) is 41.3 Å². The Morgan fingerprint density at radius 3 is 2.56 bits per heavy atom. The number of aromatic nitrogens is 1. The van der Waals surface area contributed by atoms with Gasteiger partial charge in [-0.25, -0.2) is 0 Å².